The van der Waals surface area contributed by atoms with Crippen LogP contribution in [-0.2, 0) is 0 Å². The molecule has 0 amide bonds. The maximum atomic E-state index is 3.72. The predicted octanol–water partition coefficient (Wildman–Crippen LogP) is 0.812. The molecule has 1 saturated carbocycles. The molecule has 1 atom stereocenters. The van der Waals surface area contributed by atoms with E-state index in [1.807, 2.05) is 0 Å². The summed E-state index contributed by atoms with van der Waals surface area (Å²) in [7, 11) is 0. The van der Waals surface area contributed by atoms with Crippen molar-refractivity contribution in [1.29, 1.82) is 0 Å². The van der Waals surface area contributed by atoms with Crippen LogP contribution in [0.4, 0.5) is 0 Å². The topological polar surface area (TPSA) is 27.3 Å². The molecule has 0 aromatic heterocycles. The summed E-state index contributed by atoms with van der Waals surface area (Å²) in [5.74, 6) is 0. The Hall–Kier alpha value is -0.120. The second-order valence-corrected chi connectivity index (χ2v) is 5.02. The van der Waals surface area contributed by atoms with Crippen molar-refractivity contribution in [3.63, 3.8) is 0 Å². The van der Waals surface area contributed by atoms with E-state index in [1.54, 1.807) is 0 Å². The van der Waals surface area contributed by atoms with E-state index in [9.17, 15) is 0 Å². The Morgan fingerprint density at radius 2 is 1.93 bits per heavy atom. The highest BCUT2D eigenvalue weighted by molar-refractivity contribution is 4.79. The number of hydrogen-bond donors (Lipinski definition) is 2. The van der Waals surface area contributed by atoms with Gasteiger partial charge in [0.15, 0.2) is 0 Å². The van der Waals surface area contributed by atoms with Gasteiger partial charge in [0.2, 0.25) is 0 Å². The van der Waals surface area contributed by atoms with Crippen molar-refractivity contribution in [3.8, 4) is 0 Å². The molecule has 2 N–H and O–H groups in total. The van der Waals surface area contributed by atoms with Gasteiger partial charge in [0.25, 0.3) is 0 Å². The van der Waals surface area contributed by atoms with Crippen LogP contribution in [0.5, 0.6) is 0 Å². The molecule has 88 valence electrons. The molecular weight excluding hydrogens is 186 g/mol. The molecule has 0 radical (unpaired) electrons. The van der Waals surface area contributed by atoms with E-state index in [0.29, 0.717) is 6.04 Å². The van der Waals surface area contributed by atoms with Crippen molar-refractivity contribution < 1.29 is 0 Å². The van der Waals surface area contributed by atoms with Gasteiger partial charge in [-0.15, -0.1) is 0 Å². The van der Waals surface area contributed by atoms with E-state index < -0.39 is 0 Å². The molecule has 0 spiro atoms. The lowest BCUT2D eigenvalue weighted by Crippen LogP contribution is -2.51. The maximum absolute atomic E-state index is 3.72. The standard InChI is InChI=1S/C12H25N3/c1-11(15-8-6-13-7-9-15)10-14-12-4-2-3-5-12/h11-14H,2-10H2,1H3. The molecule has 2 fully saturated rings. The summed E-state index contributed by atoms with van der Waals surface area (Å²) in [6, 6.07) is 1.52. The smallest absolute Gasteiger partial charge is 0.0193 e. The predicted molar refractivity (Wildman–Crippen MR) is 64.2 cm³/mol. The summed E-state index contributed by atoms with van der Waals surface area (Å²) < 4.78 is 0. The molecule has 1 unspecified atom stereocenters. The second kappa shape index (κ2) is 5.83. The van der Waals surface area contributed by atoms with Gasteiger partial charge in [-0.3, -0.25) is 4.90 Å². The van der Waals surface area contributed by atoms with E-state index in [2.05, 4.69) is 22.5 Å². The first kappa shape index (κ1) is 11.4. The van der Waals surface area contributed by atoms with Gasteiger partial charge >= 0.3 is 0 Å². The zero-order valence-corrected chi connectivity index (χ0v) is 9.97. The Labute approximate surface area is 93.6 Å². The van der Waals surface area contributed by atoms with Crippen LogP contribution in [0.2, 0.25) is 0 Å². The van der Waals surface area contributed by atoms with Crippen molar-refractivity contribution in [1.82, 2.24) is 15.5 Å². The third kappa shape index (κ3) is 3.44. The number of nitrogens with one attached hydrogen (secondary N) is 2. The van der Waals surface area contributed by atoms with E-state index in [-0.39, 0.29) is 0 Å². The third-order valence-corrected chi connectivity index (χ3v) is 3.83. The highest BCUT2D eigenvalue weighted by Crippen LogP contribution is 2.17. The van der Waals surface area contributed by atoms with Crippen LogP contribution in [0.3, 0.4) is 0 Å². The van der Waals surface area contributed by atoms with Gasteiger partial charge in [0, 0.05) is 44.8 Å². The summed E-state index contributed by atoms with van der Waals surface area (Å²) in [5.41, 5.74) is 0. The fourth-order valence-corrected chi connectivity index (χ4v) is 2.72. The van der Waals surface area contributed by atoms with Crippen LogP contribution < -0.4 is 10.6 Å². The molecule has 1 aliphatic carbocycles. The minimum atomic E-state index is 0.702. The molecule has 1 heterocycles. The van der Waals surface area contributed by atoms with Gasteiger partial charge in [-0.1, -0.05) is 12.8 Å². The van der Waals surface area contributed by atoms with Gasteiger partial charge in [-0.2, -0.15) is 0 Å². The lowest BCUT2D eigenvalue weighted by molar-refractivity contribution is 0.178. The Morgan fingerprint density at radius 1 is 1.27 bits per heavy atom. The molecule has 3 nitrogen and oxygen atoms in total. The molecule has 1 saturated heterocycles. The fraction of sp³-hybridized carbons (Fsp3) is 1.00. The number of hydrogen-bond acceptors (Lipinski definition) is 3. The fourth-order valence-electron chi connectivity index (χ4n) is 2.72. The Kier molecular flexibility index (Phi) is 4.42. The lowest BCUT2D eigenvalue weighted by atomic mass is 10.2. The lowest BCUT2D eigenvalue weighted by Gasteiger charge is -2.33. The average molecular weight is 211 g/mol. The van der Waals surface area contributed by atoms with Gasteiger partial charge in [-0.05, 0) is 19.8 Å². The summed E-state index contributed by atoms with van der Waals surface area (Å²) in [4.78, 5) is 2.60. The Morgan fingerprint density at radius 3 is 2.60 bits per heavy atom. The van der Waals surface area contributed by atoms with Crippen LogP contribution in [0, 0.1) is 0 Å². The highest BCUT2D eigenvalue weighted by atomic mass is 15.2. The van der Waals surface area contributed by atoms with Crippen molar-refractivity contribution in [2.24, 2.45) is 0 Å². The van der Waals surface area contributed by atoms with E-state index in [4.69, 9.17) is 0 Å². The SMILES string of the molecule is CC(CNC1CCCC1)N1CCNCC1. The molecule has 2 rings (SSSR count). The molecule has 2 aliphatic rings. The molecule has 15 heavy (non-hydrogen) atoms. The quantitative estimate of drug-likeness (QED) is 0.721. The summed E-state index contributed by atoms with van der Waals surface area (Å²) in [6.45, 7) is 8.28. The first-order valence-electron chi connectivity index (χ1n) is 6.54. The van der Waals surface area contributed by atoms with Crippen molar-refractivity contribution in [3.05, 3.63) is 0 Å². The third-order valence-electron chi connectivity index (χ3n) is 3.83. The van der Waals surface area contributed by atoms with Crippen LogP contribution in [-0.4, -0.2) is 49.7 Å². The van der Waals surface area contributed by atoms with E-state index in [0.717, 1.165) is 19.1 Å². The molecule has 0 aromatic rings. The Balaban J connectivity index is 1.64. The number of piperazine rings is 1. The molecule has 0 aromatic carbocycles. The van der Waals surface area contributed by atoms with Crippen molar-refractivity contribution >= 4 is 0 Å². The monoisotopic (exact) mass is 211 g/mol. The average Bonchev–Trinajstić information content (AvgIpc) is 2.80. The molecule has 1 aliphatic heterocycles. The second-order valence-electron chi connectivity index (χ2n) is 5.02. The first-order chi connectivity index (χ1) is 7.36. The van der Waals surface area contributed by atoms with Crippen LogP contribution >= 0.6 is 0 Å². The summed E-state index contributed by atoms with van der Waals surface area (Å²) in [5, 5.41) is 7.12. The van der Waals surface area contributed by atoms with Crippen LogP contribution in [0.1, 0.15) is 32.6 Å². The largest absolute Gasteiger partial charge is 0.314 e. The van der Waals surface area contributed by atoms with Gasteiger partial charge in [-0.25, -0.2) is 0 Å². The van der Waals surface area contributed by atoms with Gasteiger partial charge in [0.1, 0.15) is 0 Å². The normalized spacial score (nSPS) is 27.0. The van der Waals surface area contributed by atoms with Crippen molar-refractivity contribution in [2.75, 3.05) is 32.7 Å². The van der Waals surface area contributed by atoms with Gasteiger partial charge in [0.05, 0.1) is 0 Å². The van der Waals surface area contributed by atoms with Crippen LogP contribution in [0.25, 0.3) is 0 Å². The summed E-state index contributed by atoms with van der Waals surface area (Å²) >= 11 is 0. The van der Waals surface area contributed by atoms with E-state index in [1.165, 1.54) is 45.3 Å². The zero-order valence-electron chi connectivity index (χ0n) is 9.97. The highest BCUT2D eigenvalue weighted by Gasteiger charge is 2.19. The zero-order chi connectivity index (χ0) is 10.5. The molecule has 3 heteroatoms. The van der Waals surface area contributed by atoms with Crippen LogP contribution in [0.15, 0.2) is 0 Å². The minimum absolute atomic E-state index is 0.702. The van der Waals surface area contributed by atoms with Gasteiger partial charge < -0.3 is 10.6 Å². The van der Waals surface area contributed by atoms with E-state index >= 15 is 0 Å². The number of rotatable bonds is 4. The minimum Gasteiger partial charge on any atom is -0.314 e. The number of nitrogens with zero attached hydrogens (tertiary/aromatic N) is 1. The first-order valence-corrected chi connectivity index (χ1v) is 6.54. The summed E-state index contributed by atoms with van der Waals surface area (Å²) in [6.07, 6.45) is 5.65. The molecular formula is C12H25N3. The van der Waals surface area contributed by atoms with Crippen molar-refractivity contribution in [2.45, 2.75) is 44.7 Å². The Bertz CT molecular complexity index is 172. The maximum Gasteiger partial charge on any atom is 0.0193 e. The molecule has 0 bridgehead atoms.